The molecule has 1 aromatic carbocycles. The van der Waals surface area contributed by atoms with Crippen LogP contribution in [0.1, 0.15) is 12.0 Å². The van der Waals surface area contributed by atoms with Gasteiger partial charge in [0, 0.05) is 11.4 Å². The van der Waals surface area contributed by atoms with Gasteiger partial charge in [0.15, 0.2) is 0 Å². The van der Waals surface area contributed by atoms with Crippen molar-refractivity contribution in [3.05, 3.63) is 54.0 Å². The molecular weight excluding hydrogens is 213 g/mol. The summed E-state index contributed by atoms with van der Waals surface area (Å²) in [4.78, 5) is 0. The van der Waals surface area contributed by atoms with Crippen LogP contribution in [0.5, 0.6) is 0 Å². The average molecular weight is 224 g/mol. The Morgan fingerprint density at radius 3 is 2.60 bits per heavy atom. The Labute approximate surface area is 93.3 Å². The lowest BCUT2D eigenvalue weighted by molar-refractivity contribution is 0.627. The van der Waals surface area contributed by atoms with Crippen LogP contribution < -0.4 is 5.32 Å². The highest BCUT2D eigenvalue weighted by Gasteiger charge is 2.15. The minimum Gasteiger partial charge on any atom is -0.358 e. The van der Waals surface area contributed by atoms with E-state index in [9.17, 15) is 4.39 Å². The maximum Gasteiger partial charge on any atom is 0.123 e. The van der Waals surface area contributed by atoms with Crippen molar-refractivity contribution in [1.29, 1.82) is 0 Å². The molecule has 0 fully saturated rings. The van der Waals surface area contributed by atoms with Gasteiger partial charge in [-0.2, -0.15) is 0 Å². The highest BCUT2D eigenvalue weighted by molar-refractivity contribution is 6.22. The molecule has 0 spiro atoms. The number of alkyl halides is 1. The number of hydrogen-bond donors (Lipinski definition) is 1. The molecule has 2 rings (SSSR count). The van der Waals surface area contributed by atoms with Crippen molar-refractivity contribution in [3.63, 3.8) is 0 Å². The molecule has 0 amide bonds. The number of halogens is 2. The van der Waals surface area contributed by atoms with Gasteiger partial charge in [0.25, 0.3) is 0 Å². The predicted molar refractivity (Wildman–Crippen MR) is 60.9 cm³/mol. The molecule has 0 aromatic heterocycles. The van der Waals surface area contributed by atoms with E-state index in [0.29, 0.717) is 0 Å². The van der Waals surface area contributed by atoms with Gasteiger partial charge in [0.05, 0.1) is 5.38 Å². The van der Waals surface area contributed by atoms with E-state index in [2.05, 4.69) is 11.9 Å². The summed E-state index contributed by atoms with van der Waals surface area (Å²) in [6.45, 7) is 3.83. The van der Waals surface area contributed by atoms with Crippen LogP contribution >= 0.6 is 11.6 Å². The van der Waals surface area contributed by atoms with Crippen molar-refractivity contribution in [3.8, 4) is 0 Å². The summed E-state index contributed by atoms with van der Waals surface area (Å²) in [5, 5.41) is 3.05. The standard InChI is InChI=1S/C12H11ClFN/c1-8-11(13)6-7-12(15-8)9-2-4-10(14)5-3-9/h2-5,7,11,15H,1,6H2. The first-order valence-corrected chi connectivity index (χ1v) is 5.16. The molecule has 1 aliphatic heterocycles. The summed E-state index contributed by atoms with van der Waals surface area (Å²) in [6.07, 6.45) is 2.75. The molecule has 1 aliphatic rings. The van der Waals surface area contributed by atoms with E-state index in [1.165, 1.54) is 12.1 Å². The lowest BCUT2D eigenvalue weighted by Crippen LogP contribution is -2.22. The van der Waals surface area contributed by atoms with E-state index in [1.807, 2.05) is 6.08 Å². The van der Waals surface area contributed by atoms with E-state index in [-0.39, 0.29) is 11.2 Å². The fourth-order valence-corrected chi connectivity index (χ4v) is 1.63. The van der Waals surface area contributed by atoms with Crippen molar-refractivity contribution >= 4 is 17.3 Å². The zero-order chi connectivity index (χ0) is 10.8. The normalized spacial score (nSPS) is 20.8. The summed E-state index contributed by atoms with van der Waals surface area (Å²) < 4.78 is 12.7. The number of hydrogen-bond acceptors (Lipinski definition) is 1. The van der Waals surface area contributed by atoms with Gasteiger partial charge in [0.1, 0.15) is 5.82 Å². The van der Waals surface area contributed by atoms with Crippen molar-refractivity contribution in [2.24, 2.45) is 0 Å². The fourth-order valence-electron chi connectivity index (χ4n) is 1.49. The maximum absolute atomic E-state index is 12.7. The molecule has 0 radical (unpaired) electrons. The van der Waals surface area contributed by atoms with Crippen molar-refractivity contribution in [2.75, 3.05) is 0 Å². The number of rotatable bonds is 1. The quantitative estimate of drug-likeness (QED) is 0.721. The molecular formula is C12H11ClFN. The van der Waals surface area contributed by atoms with Gasteiger partial charge in [-0.25, -0.2) is 4.39 Å². The molecule has 78 valence electrons. The van der Waals surface area contributed by atoms with Gasteiger partial charge in [-0.15, -0.1) is 11.6 Å². The Balaban J connectivity index is 2.25. The third kappa shape index (κ3) is 2.21. The average Bonchev–Trinajstić information content (AvgIpc) is 2.23. The molecule has 3 heteroatoms. The van der Waals surface area contributed by atoms with Gasteiger partial charge in [-0.1, -0.05) is 24.8 Å². The molecule has 1 N–H and O–H groups in total. The van der Waals surface area contributed by atoms with E-state index in [1.54, 1.807) is 12.1 Å². The maximum atomic E-state index is 12.7. The molecule has 0 saturated carbocycles. The minimum absolute atomic E-state index is 0.0609. The summed E-state index contributed by atoms with van der Waals surface area (Å²) >= 11 is 5.98. The van der Waals surface area contributed by atoms with E-state index >= 15 is 0 Å². The van der Waals surface area contributed by atoms with Crippen molar-refractivity contribution in [1.82, 2.24) is 5.32 Å². The third-order valence-electron chi connectivity index (χ3n) is 2.36. The Bertz CT molecular complexity index is 408. The van der Waals surface area contributed by atoms with Crippen LogP contribution in [0.4, 0.5) is 4.39 Å². The highest BCUT2D eigenvalue weighted by atomic mass is 35.5. The van der Waals surface area contributed by atoms with Crippen LogP contribution in [-0.2, 0) is 0 Å². The van der Waals surface area contributed by atoms with Crippen molar-refractivity contribution < 1.29 is 4.39 Å². The molecule has 0 saturated heterocycles. The highest BCUT2D eigenvalue weighted by Crippen LogP contribution is 2.23. The topological polar surface area (TPSA) is 12.0 Å². The molecule has 0 bridgehead atoms. The van der Waals surface area contributed by atoms with Crippen LogP contribution in [0, 0.1) is 5.82 Å². The number of nitrogens with one attached hydrogen (secondary N) is 1. The first kappa shape index (κ1) is 10.2. The summed E-state index contributed by atoms with van der Waals surface area (Å²) in [5.74, 6) is -0.232. The molecule has 1 nitrogen and oxygen atoms in total. The SMILES string of the molecule is C=C1NC(c2ccc(F)cc2)=CCC1Cl. The second-order valence-electron chi connectivity index (χ2n) is 3.48. The summed E-state index contributed by atoms with van der Waals surface area (Å²) in [5.41, 5.74) is 2.68. The second kappa shape index (κ2) is 4.07. The van der Waals surface area contributed by atoms with Gasteiger partial charge < -0.3 is 5.32 Å². The van der Waals surface area contributed by atoms with Crippen LogP contribution in [0.2, 0.25) is 0 Å². The predicted octanol–water partition coefficient (Wildman–Crippen LogP) is 3.28. The Morgan fingerprint density at radius 1 is 1.33 bits per heavy atom. The number of benzene rings is 1. The fraction of sp³-hybridized carbons (Fsp3) is 0.167. The zero-order valence-corrected chi connectivity index (χ0v) is 8.89. The number of allylic oxidation sites excluding steroid dienone is 2. The lowest BCUT2D eigenvalue weighted by atomic mass is 10.1. The molecule has 0 aliphatic carbocycles. The van der Waals surface area contributed by atoms with E-state index in [0.717, 1.165) is 23.4 Å². The summed E-state index contributed by atoms with van der Waals surface area (Å²) in [6, 6.07) is 6.34. The van der Waals surface area contributed by atoms with Crippen LogP contribution in [-0.4, -0.2) is 5.38 Å². The molecule has 1 heterocycles. The monoisotopic (exact) mass is 223 g/mol. The van der Waals surface area contributed by atoms with Gasteiger partial charge >= 0.3 is 0 Å². The van der Waals surface area contributed by atoms with E-state index in [4.69, 9.17) is 11.6 Å². The van der Waals surface area contributed by atoms with Gasteiger partial charge in [-0.05, 0) is 24.1 Å². The van der Waals surface area contributed by atoms with Crippen LogP contribution in [0.3, 0.4) is 0 Å². The summed E-state index contributed by atoms with van der Waals surface area (Å²) in [7, 11) is 0. The van der Waals surface area contributed by atoms with Crippen LogP contribution in [0.15, 0.2) is 42.6 Å². The molecule has 1 aromatic rings. The molecule has 1 atom stereocenters. The molecule has 1 unspecified atom stereocenters. The largest absolute Gasteiger partial charge is 0.358 e. The first-order chi connectivity index (χ1) is 7.16. The van der Waals surface area contributed by atoms with Crippen LogP contribution in [0.25, 0.3) is 5.70 Å². The zero-order valence-electron chi connectivity index (χ0n) is 8.13. The Morgan fingerprint density at radius 2 is 2.00 bits per heavy atom. The minimum atomic E-state index is -0.232. The first-order valence-electron chi connectivity index (χ1n) is 4.73. The lowest BCUT2D eigenvalue weighted by Gasteiger charge is -2.22. The van der Waals surface area contributed by atoms with Gasteiger partial charge in [-0.3, -0.25) is 0 Å². The molecule has 15 heavy (non-hydrogen) atoms. The smallest absolute Gasteiger partial charge is 0.123 e. The third-order valence-corrected chi connectivity index (χ3v) is 2.80. The van der Waals surface area contributed by atoms with Crippen molar-refractivity contribution in [2.45, 2.75) is 11.8 Å². The second-order valence-corrected chi connectivity index (χ2v) is 4.00. The Hall–Kier alpha value is -1.28. The van der Waals surface area contributed by atoms with E-state index < -0.39 is 0 Å². The van der Waals surface area contributed by atoms with Gasteiger partial charge in [0.2, 0.25) is 0 Å². The Kier molecular flexibility index (Phi) is 2.78.